The minimum absolute atomic E-state index is 0.0965. The third kappa shape index (κ3) is 5.38. The molecule has 0 aromatic carbocycles. The molecule has 8 nitrogen and oxygen atoms in total. The average molecular weight is 329 g/mol. The van der Waals surface area contributed by atoms with E-state index in [9.17, 15) is 14.4 Å². The van der Waals surface area contributed by atoms with Crippen LogP contribution in [0.2, 0.25) is 0 Å². The molecule has 0 heterocycles. The van der Waals surface area contributed by atoms with Crippen LogP contribution < -0.4 is 5.43 Å². The highest BCUT2D eigenvalue weighted by Crippen LogP contribution is 2.29. The van der Waals surface area contributed by atoms with E-state index in [1.807, 2.05) is 6.92 Å². The van der Waals surface area contributed by atoms with E-state index in [0.29, 0.717) is 0 Å². The van der Waals surface area contributed by atoms with Gasteiger partial charge < -0.3 is 14.7 Å². The normalized spacial score (nSPS) is 21.6. The van der Waals surface area contributed by atoms with Crippen molar-refractivity contribution in [2.45, 2.75) is 52.1 Å². The van der Waals surface area contributed by atoms with E-state index < -0.39 is 24.0 Å². The van der Waals surface area contributed by atoms with Gasteiger partial charge in [-0.15, -0.1) is 0 Å². The van der Waals surface area contributed by atoms with Crippen LogP contribution in [0, 0.1) is 5.92 Å². The van der Waals surface area contributed by atoms with Crippen LogP contribution in [-0.4, -0.2) is 65.3 Å². The number of carboxylic acids is 1. The van der Waals surface area contributed by atoms with Crippen LogP contribution in [0.25, 0.3) is 0 Å². The number of urea groups is 1. The lowest BCUT2D eigenvalue weighted by atomic mass is 10.1. The van der Waals surface area contributed by atoms with Gasteiger partial charge in [-0.25, -0.2) is 10.2 Å². The number of esters is 1. The van der Waals surface area contributed by atoms with E-state index in [-0.39, 0.29) is 25.1 Å². The van der Waals surface area contributed by atoms with Gasteiger partial charge in [-0.2, -0.15) is 0 Å². The molecule has 0 bridgehead atoms. The van der Waals surface area contributed by atoms with Crippen molar-refractivity contribution in [1.82, 2.24) is 15.3 Å². The summed E-state index contributed by atoms with van der Waals surface area (Å²) in [6, 6.07) is -1.25. The number of carbonyl (C=O) groups excluding carboxylic acids is 2. The molecule has 0 aliphatic heterocycles. The molecule has 2 amide bonds. The summed E-state index contributed by atoms with van der Waals surface area (Å²) in [4.78, 5) is 36.7. The Hall–Kier alpha value is -1.83. The third-order valence-electron chi connectivity index (χ3n) is 4.08. The maximum Gasteiger partial charge on any atom is 0.334 e. The second-order valence-corrected chi connectivity index (χ2v) is 5.94. The Morgan fingerprint density at radius 1 is 1.35 bits per heavy atom. The molecule has 2 N–H and O–H groups in total. The molecule has 3 unspecified atom stereocenters. The highest BCUT2D eigenvalue weighted by atomic mass is 16.5. The predicted octanol–water partition coefficient (Wildman–Crippen LogP) is 1.07. The third-order valence-corrected chi connectivity index (χ3v) is 4.08. The van der Waals surface area contributed by atoms with E-state index in [4.69, 9.17) is 9.84 Å². The maximum absolute atomic E-state index is 12.6. The van der Waals surface area contributed by atoms with E-state index in [1.165, 1.54) is 11.9 Å². The van der Waals surface area contributed by atoms with Crippen molar-refractivity contribution in [3.8, 4) is 0 Å². The van der Waals surface area contributed by atoms with Crippen molar-refractivity contribution < 1.29 is 24.2 Å². The molecule has 0 aromatic rings. The van der Waals surface area contributed by atoms with Gasteiger partial charge in [-0.1, -0.05) is 13.3 Å². The molecular weight excluding hydrogens is 302 g/mol. The van der Waals surface area contributed by atoms with Crippen molar-refractivity contribution in [3.05, 3.63) is 0 Å². The standard InChI is InChI=1S/C15H27N3O5/c1-5-23-14(21)11(3)16-17(4)15(22)18(9-13(19)20)12-8-6-7-10(12)2/h10-12,16H,5-9H2,1-4H3,(H,19,20). The maximum atomic E-state index is 12.6. The number of amides is 2. The zero-order chi connectivity index (χ0) is 17.6. The summed E-state index contributed by atoms with van der Waals surface area (Å²) in [6.45, 7) is 5.21. The van der Waals surface area contributed by atoms with Crippen molar-refractivity contribution >= 4 is 18.0 Å². The summed E-state index contributed by atoms with van der Waals surface area (Å²) in [6.07, 6.45) is 2.75. The van der Waals surface area contributed by atoms with Gasteiger partial charge in [0.05, 0.1) is 6.61 Å². The van der Waals surface area contributed by atoms with E-state index in [0.717, 1.165) is 24.3 Å². The number of hydrogen-bond acceptors (Lipinski definition) is 5. The molecule has 8 heteroatoms. The number of carbonyl (C=O) groups is 3. The largest absolute Gasteiger partial charge is 0.480 e. The Bertz CT molecular complexity index is 443. The molecule has 132 valence electrons. The first-order valence-corrected chi connectivity index (χ1v) is 7.96. The Kier molecular flexibility index (Phi) is 7.28. The van der Waals surface area contributed by atoms with Crippen LogP contribution in [-0.2, 0) is 14.3 Å². The van der Waals surface area contributed by atoms with Gasteiger partial charge in [0.15, 0.2) is 0 Å². The van der Waals surface area contributed by atoms with Gasteiger partial charge in [0.25, 0.3) is 0 Å². The number of hydrogen-bond donors (Lipinski definition) is 2. The minimum atomic E-state index is -1.05. The van der Waals surface area contributed by atoms with Crippen molar-refractivity contribution in [3.63, 3.8) is 0 Å². The van der Waals surface area contributed by atoms with Gasteiger partial charge >= 0.3 is 18.0 Å². The quantitative estimate of drug-likeness (QED) is 0.535. The summed E-state index contributed by atoms with van der Waals surface area (Å²) >= 11 is 0. The van der Waals surface area contributed by atoms with Crippen LogP contribution in [0.15, 0.2) is 0 Å². The number of ether oxygens (including phenoxy) is 1. The fourth-order valence-electron chi connectivity index (χ4n) is 2.92. The predicted molar refractivity (Wildman–Crippen MR) is 83.5 cm³/mol. The average Bonchev–Trinajstić information content (AvgIpc) is 2.89. The molecule has 1 aliphatic rings. The monoisotopic (exact) mass is 329 g/mol. The molecule has 3 atom stereocenters. The van der Waals surface area contributed by atoms with Gasteiger partial charge in [0.1, 0.15) is 12.6 Å². The molecule has 0 spiro atoms. The van der Waals surface area contributed by atoms with Crippen molar-refractivity contribution in [2.75, 3.05) is 20.2 Å². The number of nitrogens with one attached hydrogen (secondary N) is 1. The van der Waals surface area contributed by atoms with Gasteiger partial charge in [-0.05, 0) is 32.6 Å². The second kappa shape index (κ2) is 8.71. The minimum Gasteiger partial charge on any atom is -0.480 e. The van der Waals surface area contributed by atoms with Crippen LogP contribution >= 0.6 is 0 Å². The van der Waals surface area contributed by atoms with Gasteiger partial charge in [0.2, 0.25) is 0 Å². The number of carboxylic acid groups (broad SMARTS) is 1. The van der Waals surface area contributed by atoms with Crippen LogP contribution in [0.1, 0.15) is 40.0 Å². The number of rotatable bonds is 7. The number of nitrogens with zero attached hydrogens (tertiary/aromatic N) is 2. The summed E-state index contributed by atoms with van der Waals surface area (Å²) in [5, 5.41) is 10.3. The first-order chi connectivity index (χ1) is 10.8. The molecule has 1 fully saturated rings. The van der Waals surface area contributed by atoms with E-state index in [1.54, 1.807) is 13.8 Å². The molecule has 1 rings (SSSR count). The summed E-state index contributed by atoms with van der Waals surface area (Å²) in [5.74, 6) is -1.26. The van der Waals surface area contributed by atoms with Crippen LogP contribution in [0.3, 0.4) is 0 Å². The van der Waals surface area contributed by atoms with Gasteiger partial charge in [-0.3, -0.25) is 14.6 Å². The molecule has 23 heavy (non-hydrogen) atoms. The summed E-state index contributed by atoms with van der Waals surface area (Å²) in [7, 11) is 1.48. The highest BCUT2D eigenvalue weighted by molar-refractivity contribution is 5.81. The lowest BCUT2D eigenvalue weighted by Crippen LogP contribution is -2.56. The lowest BCUT2D eigenvalue weighted by molar-refractivity contribution is -0.146. The van der Waals surface area contributed by atoms with E-state index in [2.05, 4.69) is 5.43 Å². The van der Waals surface area contributed by atoms with E-state index >= 15 is 0 Å². The first-order valence-electron chi connectivity index (χ1n) is 7.96. The zero-order valence-corrected chi connectivity index (χ0v) is 14.2. The first kappa shape index (κ1) is 19.2. The van der Waals surface area contributed by atoms with Gasteiger partial charge in [0, 0.05) is 13.1 Å². The molecule has 0 aromatic heterocycles. The molecular formula is C15H27N3O5. The molecule has 1 saturated carbocycles. The molecule has 0 radical (unpaired) electrons. The molecule has 1 aliphatic carbocycles. The lowest BCUT2D eigenvalue weighted by Gasteiger charge is -2.34. The molecule has 0 saturated heterocycles. The summed E-state index contributed by atoms with van der Waals surface area (Å²) < 4.78 is 4.88. The number of aliphatic carboxylic acids is 1. The number of hydrazine groups is 1. The smallest absolute Gasteiger partial charge is 0.334 e. The zero-order valence-electron chi connectivity index (χ0n) is 14.2. The Morgan fingerprint density at radius 2 is 2.00 bits per heavy atom. The van der Waals surface area contributed by atoms with Crippen LogP contribution in [0.5, 0.6) is 0 Å². The van der Waals surface area contributed by atoms with Crippen LogP contribution in [0.4, 0.5) is 4.79 Å². The van der Waals surface area contributed by atoms with Crippen molar-refractivity contribution in [1.29, 1.82) is 0 Å². The summed E-state index contributed by atoms with van der Waals surface area (Å²) in [5.41, 5.74) is 2.73. The topological polar surface area (TPSA) is 99.2 Å². The van der Waals surface area contributed by atoms with Crippen molar-refractivity contribution in [2.24, 2.45) is 5.92 Å². The Labute approximate surface area is 136 Å². The fraction of sp³-hybridized carbons (Fsp3) is 0.800. The fourth-order valence-corrected chi connectivity index (χ4v) is 2.92. The second-order valence-electron chi connectivity index (χ2n) is 5.94. The Morgan fingerprint density at radius 3 is 2.48 bits per heavy atom. The SMILES string of the molecule is CCOC(=O)C(C)NN(C)C(=O)N(CC(=O)O)C1CCCC1C. The Balaban J connectivity index is 2.75. The highest BCUT2D eigenvalue weighted by Gasteiger charge is 2.35.